The molecule has 0 aliphatic rings. The molecule has 15 heavy (non-hydrogen) atoms. The SMILES string of the molecule is CC(C)CC(=O)c1nc2ncccc2[nH]1. The summed E-state index contributed by atoms with van der Waals surface area (Å²) in [5.41, 5.74) is 1.41. The molecule has 0 spiro atoms. The van der Waals surface area contributed by atoms with Crippen molar-refractivity contribution < 1.29 is 4.79 Å². The number of Topliss-reactive ketones (excluding diaryl/α,β-unsaturated/α-hetero) is 1. The van der Waals surface area contributed by atoms with E-state index in [1.165, 1.54) is 0 Å². The first-order valence-electron chi connectivity index (χ1n) is 5.00. The van der Waals surface area contributed by atoms with Crippen molar-refractivity contribution in [3.05, 3.63) is 24.2 Å². The second-order valence-electron chi connectivity index (χ2n) is 3.98. The van der Waals surface area contributed by atoms with Crippen LogP contribution in [-0.4, -0.2) is 20.7 Å². The third-order valence-corrected chi connectivity index (χ3v) is 2.12. The van der Waals surface area contributed by atoms with Gasteiger partial charge in [-0.2, -0.15) is 0 Å². The highest BCUT2D eigenvalue weighted by molar-refractivity contribution is 5.95. The number of carbonyl (C=O) groups is 1. The number of hydrogen-bond acceptors (Lipinski definition) is 3. The lowest BCUT2D eigenvalue weighted by molar-refractivity contribution is 0.0959. The lowest BCUT2D eigenvalue weighted by atomic mass is 10.1. The summed E-state index contributed by atoms with van der Waals surface area (Å²) >= 11 is 0. The molecule has 0 saturated carbocycles. The minimum absolute atomic E-state index is 0.0444. The van der Waals surface area contributed by atoms with Gasteiger partial charge in [0.2, 0.25) is 0 Å². The van der Waals surface area contributed by atoms with Crippen molar-refractivity contribution in [3.8, 4) is 0 Å². The molecule has 0 unspecified atom stereocenters. The van der Waals surface area contributed by atoms with E-state index in [0.29, 0.717) is 23.8 Å². The van der Waals surface area contributed by atoms with Crippen LogP contribution in [0.3, 0.4) is 0 Å². The number of imidazole rings is 1. The maximum atomic E-state index is 11.7. The zero-order valence-corrected chi connectivity index (χ0v) is 8.82. The number of H-pyrrole nitrogens is 1. The van der Waals surface area contributed by atoms with E-state index in [1.54, 1.807) is 6.20 Å². The van der Waals surface area contributed by atoms with Gasteiger partial charge in [-0.3, -0.25) is 4.79 Å². The van der Waals surface area contributed by atoms with E-state index in [2.05, 4.69) is 15.0 Å². The number of hydrogen-bond donors (Lipinski definition) is 1. The van der Waals surface area contributed by atoms with E-state index < -0.39 is 0 Å². The Morgan fingerprint density at radius 3 is 3.00 bits per heavy atom. The minimum Gasteiger partial charge on any atom is -0.334 e. The summed E-state index contributed by atoms with van der Waals surface area (Å²) in [5, 5.41) is 0. The maximum absolute atomic E-state index is 11.7. The average Bonchev–Trinajstić information content (AvgIpc) is 2.59. The van der Waals surface area contributed by atoms with Crippen molar-refractivity contribution in [1.29, 1.82) is 0 Å². The lowest BCUT2D eigenvalue weighted by Gasteiger charge is -1.99. The van der Waals surface area contributed by atoms with E-state index in [9.17, 15) is 4.79 Å². The number of rotatable bonds is 3. The number of aromatic amines is 1. The third-order valence-electron chi connectivity index (χ3n) is 2.12. The van der Waals surface area contributed by atoms with Crippen LogP contribution in [-0.2, 0) is 0 Å². The predicted octanol–water partition coefficient (Wildman–Crippen LogP) is 2.19. The molecule has 0 amide bonds. The van der Waals surface area contributed by atoms with Crippen LogP contribution in [0.25, 0.3) is 11.2 Å². The fraction of sp³-hybridized carbons (Fsp3) is 0.364. The van der Waals surface area contributed by atoms with E-state index >= 15 is 0 Å². The number of pyridine rings is 1. The van der Waals surface area contributed by atoms with Crippen LogP contribution in [0.1, 0.15) is 30.9 Å². The van der Waals surface area contributed by atoms with Gasteiger partial charge in [-0.15, -0.1) is 0 Å². The van der Waals surface area contributed by atoms with E-state index in [-0.39, 0.29) is 5.78 Å². The zero-order chi connectivity index (χ0) is 10.8. The molecule has 1 N–H and O–H groups in total. The van der Waals surface area contributed by atoms with Crippen molar-refractivity contribution in [2.75, 3.05) is 0 Å². The first-order chi connectivity index (χ1) is 7.16. The molecule has 2 heterocycles. The molecule has 0 aliphatic carbocycles. The highest BCUT2D eigenvalue weighted by atomic mass is 16.1. The highest BCUT2D eigenvalue weighted by Gasteiger charge is 2.12. The number of fused-ring (bicyclic) bond motifs is 1. The van der Waals surface area contributed by atoms with Crippen molar-refractivity contribution in [2.24, 2.45) is 5.92 Å². The van der Waals surface area contributed by atoms with Crippen LogP contribution in [0.2, 0.25) is 0 Å². The molecule has 2 aromatic heterocycles. The second-order valence-corrected chi connectivity index (χ2v) is 3.98. The Hall–Kier alpha value is -1.71. The summed E-state index contributed by atoms with van der Waals surface area (Å²) in [7, 11) is 0. The molecule has 0 atom stereocenters. The smallest absolute Gasteiger partial charge is 0.198 e. The van der Waals surface area contributed by atoms with Crippen LogP contribution in [0.15, 0.2) is 18.3 Å². The summed E-state index contributed by atoms with van der Waals surface area (Å²) in [6.07, 6.45) is 2.18. The molecule has 0 aliphatic heterocycles. The fourth-order valence-electron chi connectivity index (χ4n) is 1.44. The lowest BCUT2D eigenvalue weighted by Crippen LogP contribution is -2.05. The van der Waals surface area contributed by atoms with Gasteiger partial charge < -0.3 is 4.98 Å². The molecule has 2 aromatic rings. The largest absolute Gasteiger partial charge is 0.334 e. The zero-order valence-electron chi connectivity index (χ0n) is 8.82. The molecule has 4 heteroatoms. The van der Waals surface area contributed by atoms with Crippen molar-refractivity contribution >= 4 is 16.9 Å². The normalized spacial score (nSPS) is 11.1. The van der Waals surface area contributed by atoms with Gasteiger partial charge in [-0.25, -0.2) is 9.97 Å². The Kier molecular flexibility index (Phi) is 2.49. The topological polar surface area (TPSA) is 58.6 Å². The van der Waals surface area contributed by atoms with Crippen LogP contribution in [0.5, 0.6) is 0 Å². The average molecular weight is 203 g/mol. The third kappa shape index (κ3) is 2.03. The van der Waals surface area contributed by atoms with Gasteiger partial charge >= 0.3 is 0 Å². The Morgan fingerprint density at radius 2 is 2.33 bits per heavy atom. The number of carbonyl (C=O) groups excluding carboxylic acids is 1. The van der Waals surface area contributed by atoms with E-state index in [1.807, 2.05) is 26.0 Å². The number of aromatic nitrogens is 3. The molecule has 0 aromatic carbocycles. The van der Waals surface area contributed by atoms with Crippen molar-refractivity contribution in [2.45, 2.75) is 20.3 Å². The highest BCUT2D eigenvalue weighted by Crippen LogP contribution is 2.11. The van der Waals surface area contributed by atoms with E-state index in [0.717, 1.165) is 5.52 Å². The Morgan fingerprint density at radius 1 is 1.53 bits per heavy atom. The van der Waals surface area contributed by atoms with Crippen molar-refractivity contribution in [1.82, 2.24) is 15.0 Å². The summed E-state index contributed by atoms with van der Waals surface area (Å²) in [6.45, 7) is 4.03. The van der Waals surface area contributed by atoms with Gasteiger partial charge in [-0.1, -0.05) is 13.8 Å². The second kappa shape index (κ2) is 3.81. The van der Waals surface area contributed by atoms with Crippen molar-refractivity contribution in [3.63, 3.8) is 0 Å². The molecular weight excluding hydrogens is 190 g/mol. The number of ketones is 1. The molecule has 4 nitrogen and oxygen atoms in total. The summed E-state index contributed by atoms with van der Waals surface area (Å²) < 4.78 is 0. The maximum Gasteiger partial charge on any atom is 0.198 e. The van der Waals surface area contributed by atoms with Gasteiger partial charge in [-0.05, 0) is 18.1 Å². The Labute approximate surface area is 87.7 Å². The van der Waals surface area contributed by atoms with Gasteiger partial charge in [0.25, 0.3) is 0 Å². The van der Waals surface area contributed by atoms with Crippen LogP contribution >= 0.6 is 0 Å². The quantitative estimate of drug-likeness (QED) is 0.778. The fourth-order valence-corrected chi connectivity index (χ4v) is 1.44. The number of nitrogens with one attached hydrogen (secondary N) is 1. The van der Waals surface area contributed by atoms with Crippen LogP contribution < -0.4 is 0 Å². The molecule has 0 radical (unpaired) electrons. The summed E-state index contributed by atoms with van der Waals surface area (Å²) in [4.78, 5) is 22.9. The Bertz CT molecular complexity index is 454. The molecule has 0 saturated heterocycles. The molecular formula is C11H13N3O. The molecule has 0 fully saturated rings. The first-order valence-corrected chi connectivity index (χ1v) is 5.00. The van der Waals surface area contributed by atoms with Gasteiger partial charge in [0.15, 0.2) is 17.3 Å². The summed E-state index contributed by atoms with van der Waals surface area (Å²) in [6, 6.07) is 3.68. The predicted molar refractivity (Wildman–Crippen MR) is 57.7 cm³/mol. The van der Waals surface area contributed by atoms with Crippen LogP contribution in [0, 0.1) is 5.92 Å². The molecule has 78 valence electrons. The minimum atomic E-state index is 0.0444. The first kappa shape index (κ1) is 9.83. The van der Waals surface area contributed by atoms with Gasteiger partial charge in [0.05, 0.1) is 5.52 Å². The number of nitrogens with zero attached hydrogens (tertiary/aromatic N) is 2. The van der Waals surface area contributed by atoms with E-state index in [4.69, 9.17) is 0 Å². The van der Waals surface area contributed by atoms with Gasteiger partial charge in [0.1, 0.15) is 0 Å². The summed E-state index contributed by atoms with van der Waals surface area (Å²) in [5.74, 6) is 0.805. The standard InChI is InChI=1S/C11H13N3O/c1-7(2)6-9(15)11-13-8-4-3-5-12-10(8)14-11/h3-5,7H,6H2,1-2H3,(H,12,13,14). The molecule has 2 rings (SSSR count). The van der Waals surface area contributed by atoms with Gasteiger partial charge in [0, 0.05) is 12.6 Å². The monoisotopic (exact) mass is 203 g/mol. The molecule has 0 bridgehead atoms. The Balaban J connectivity index is 2.32. The van der Waals surface area contributed by atoms with Crippen LogP contribution in [0.4, 0.5) is 0 Å².